The molecule has 1 aliphatic heterocycles. The molecule has 0 saturated carbocycles. The smallest absolute Gasteiger partial charge is 0.310 e. The average molecular weight is 276 g/mol. The van der Waals surface area contributed by atoms with Crippen LogP contribution < -0.4 is 0 Å². The maximum absolute atomic E-state index is 12.4. The van der Waals surface area contributed by atoms with Gasteiger partial charge in [0.15, 0.2) is 6.29 Å². The molecule has 17 heavy (non-hydrogen) atoms. The van der Waals surface area contributed by atoms with Gasteiger partial charge >= 0.3 is 10.2 Å². The van der Waals surface area contributed by atoms with Crippen molar-refractivity contribution >= 4 is 10.2 Å². The molecule has 2 rings (SSSR count). The third kappa shape index (κ3) is 2.88. The SMILES string of the molecule is FS(F)(F)(F)(F)c1ccc(C2OCCO2)cc1. The van der Waals surface area contributed by atoms with E-state index in [1.54, 1.807) is 0 Å². The van der Waals surface area contributed by atoms with Crippen LogP contribution in [0.3, 0.4) is 0 Å². The monoisotopic (exact) mass is 276 g/mol. The molecule has 1 heterocycles. The summed E-state index contributed by atoms with van der Waals surface area (Å²) in [5, 5.41) is 0. The maximum atomic E-state index is 12.4. The summed E-state index contributed by atoms with van der Waals surface area (Å²) in [5.74, 6) is 0. The predicted molar refractivity (Wildman–Crippen MR) is 52.5 cm³/mol. The Morgan fingerprint density at radius 2 is 1.35 bits per heavy atom. The fourth-order valence-electron chi connectivity index (χ4n) is 1.43. The molecule has 1 aromatic carbocycles. The number of hydrogen-bond donors (Lipinski definition) is 0. The van der Waals surface area contributed by atoms with Crippen molar-refractivity contribution in [3.63, 3.8) is 0 Å². The molecule has 8 heteroatoms. The van der Waals surface area contributed by atoms with Gasteiger partial charge in [-0.15, -0.1) is 0 Å². The summed E-state index contributed by atoms with van der Waals surface area (Å²) in [6.45, 7) is 0.655. The lowest BCUT2D eigenvalue weighted by molar-refractivity contribution is -0.0441. The predicted octanol–water partition coefficient (Wildman–Crippen LogP) is 4.39. The van der Waals surface area contributed by atoms with E-state index in [2.05, 4.69) is 0 Å². The lowest BCUT2D eigenvalue weighted by atomic mass is 10.2. The van der Waals surface area contributed by atoms with Gasteiger partial charge in [0.2, 0.25) is 0 Å². The van der Waals surface area contributed by atoms with Gasteiger partial charge in [-0.1, -0.05) is 31.6 Å². The zero-order chi connectivity index (χ0) is 12.8. The molecule has 0 unspecified atom stereocenters. The van der Waals surface area contributed by atoms with Crippen LogP contribution in [-0.2, 0) is 9.47 Å². The van der Waals surface area contributed by atoms with Crippen LogP contribution in [0.4, 0.5) is 19.4 Å². The first kappa shape index (κ1) is 12.6. The van der Waals surface area contributed by atoms with Crippen molar-refractivity contribution < 1.29 is 28.9 Å². The molecule has 98 valence electrons. The Kier molecular flexibility index (Phi) is 2.31. The van der Waals surface area contributed by atoms with E-state index in [-0.39, 0.29) is 5.56 Å². The zero-order valence-corrected chi connectivity index (χ0v) is 9.23. The Bertz CT molecular complexity index is 420. The molecule has 0 aliphatic carbocycles. The summed E-state index contributed by atoms with van der Waals surface area (Å²) >= 11 is 0. The van der Waals surface area contributed by atoms with Gasteiger partial charge in [-0.2, -0.15) is 0 Å². The summed E-state index contributed by atoms with van der Waals surface area (Å²) in [7, 11) is -9.58. The van der Waals surface area contributed by atoms with Gasteiger partial charge < -0.3 is 9.47 Å². The van der Waals surface area contributed by atoms with Gasteiger partial charge in [0.25, 0.3) is 0 Å². The second-order valence-corrected chi connectivity index (χ2v) is 6.02. The van der Waals surface area contributed by atoms with Crippen molar-refractivity contribution in [2.24, 2.45) is 0 Å². The summed E-state index contributed by atoms with van der Waals surface area (Å²) < 4.78 is 72.0. The number of halogens is 5. The van der Waals surface area contributed by atoms with Crippen LogP contribution in [0.5, 0.6) is 0 Å². The Balaban J connectivity index is 2.31. The van der Waals surface area contributed by atoms with Gasteiger partial charge in [-0.3, -0.25) is 0 Å². The van der Waals surface area contributed by atoms with E-state index in [0.29, 0.717) is 25.3 Å². The van der Waals surface area contributed by atoms with Crippen LogP contribution in [0.15, 0.2) is 29.2 Å². The van der Waals surface area contributed by atoms with Crippen molar-refractivity contribution in [2.75, 3.05) is 13.2 Å². The quantitative estimate of drug-likeness (QED) is 0.746. The van der Waals surface area contributed by atoms with Gasteiger partial charge in [0.1, 0.15) is 4.90 Å². The van der Waals surface area contributed by atoms with Crippen LogP contribution in [0.25, 0.3) is 0 Å². The van der Waals surface area contributed by atoms with E-state index in [4.69, 9.17) is 9.47 Å². The van der Waals surface area contributed by atoms with Crippen LogP contribution >= 0.6 is 10.2 Å². The van der Waals surface area contributed by atoms with E-state index >= 15 is 0 Å². The van der Waals surface area contributed by atoms with Crippen molar-refractivity contribution in [3.05, 3.63) is 29.8 Å². The molecular weight excluding hydrogens is 267 g/mol. The molecule has 0 spiro atoms. The molecule has 1 aromatic rings. The van der Waals surface area contributed by atoms with E-state index in [9.17, 15) is 19.4 Å². The van der Waals surface area contributed by atoms with Crippen LogP contribution in [-0.4, -0.2) is 13.2 Å². The van der Waals surface area contributed by atoms with E-state index < -0.39 is 21.4 Å². The molecule has 0 bridgehead atoms. The topological polar surface area (TPSA) is 18.5 Å². The second-order valence-electron chi connectivity index (χ2n) is 3.61. The largest absolute Gasteiger partial charge is 0.346 e. The highest BCUT2D eigenvalue weighted by Crippen LogP contribution is 3.02. The molecule has 1 aliphatic rings. The third-order valence-electron chi connectivity index (χ3n) is 2.22. The minimum atomic E-state index is -9.58. The highest BCUT2D eigenvalue weighted by atomic mass is 32.5. The molecule has 1 saturated heterocycles. The van der Waals surface area contributed by atoms with Gasteiger partial charge in [-0.05, 0) is 12.1 Å². The van der Waals surface area contributed by atoms with Crippen LogP contribution in [0.2, 0.25) is 0 Å². The standard InChI is InChI=1S/C9H9F5O2S/c10-17(11,12,13,14)8-3-1-7(2-4-8)9-15-5-6-16-9/h1-4,9H,5-6H2. The fraction of sp³-hybridized carbons (Fsp3) is 0.333. The van der Waals surface area contributed by atoms with E-state index in [0.717, 1.165) is 12.1 Å². The molecule has 0 aromatic heterocycles. The Morgan fingerprint density at radius 1 is 0.882 bits per heavy atom. The summed E-state index contributed by atoms with van der Waals surface area (Å²) in [6, 6.07) is 2.57. The molecule has 2 nitrogen and oxygen atoms in total. The van der Waals surface area contributed by atoms with Gasteiger partial charge in [0, 0.05) is 5.56 Å². The normalized spacial score (nSPS) is 22.2. The summed E-state index contributed by atoms with van der Waals surface area (Å²) in [6.07, 6.45) is -0.775. The molecule has 0 N–H and O–H groups in total. The second kappa shape index (κ2) is 3.12. The maximum Gasteiger partial charge on any atom is 0.310 e. The third-order valence-corrected chi connectivity index (χ3v) is 3.38. The Morgan fingerprint density at radius 3 is 1.76 bits per heavy atom. The lowest BCUT2D eigenvalue weighted by Crippen LogP contribution is -2.06. The minimum absolute atomic E-state index is 0.285. The Labute approximate surface area is 94.0 Å². The minimum Gasteiger partial charge on any atom is -0.346 e. The van der Waals surface area contributed by atoms with Gasteiger partial charge in [0.05, 0.1) is 13.2 Å². The molecule has 0 radical (unpaired) electrons. The first-order chi connectivity index (χ1) is 7.56. The average Bonchev–Trinajstić information content (AvgIpc) is 2.67. The number of benzene rings is 1. The zero-order valence-electron chi connectivity index (χ0n) is 8.42. The molecule has 0 atom stereocenters. The van der Waals surface area contributed by atoms with E-state index in [1.165, 1.54) is 0 Å². The Hall–Kier alpha value is -0.860. The van der Waals surface area contributed by atoms with Crippen molar-refractivity contribution in [1.29, 1.82) is 0 Å². The molecule has 0 amide bonds. The highest BCUT2D eigenvalue weighted by Gasteiger charge is 2.65. The van der Waals surface area contributed by atoms with Gasteiger partial charge in [-0.25, -0.2) is 0 Å². The first-order valence-electron chi connectivity index (χ1n) is 4.63. The molecular formula is C9H9F5O2S. The number of ether oxygens (including phenoxy) is 2. The van der Waals surface area contributed by atoms with Crippen LogP contribution in [0, 0.1) is 0 Å². The highest BCUT2D eigenvalue weighted by molar-refractivity contribution is 8.45. The lowest BCUT2D eigenvalue weighted by Gasteiger charge is -2.40. The number of hydrogen-bond acceptors (Lipinski definition) is 2. The number of rotatable bonds is 2. The van der Waals surface area contributed by atoms with Crippen LogP contribution in [0.1, 0.15) is 11.9 Å². The summed E-state index contributed by atoms with van der Waals surface area (Å²) in [5.41, 5.74) is 0.285. The summed E-state index contributed by atoms with van der Waals surface area (Å²) in [4.78, 5) is -1.91. The van der Waals surface area contributed by atoms with Crippen molar-refractivity contribution in [2.45, 2.75) is 11.2 Å². The van der Waals surface area contributed by atoms with Crippen molar-refractivity contribution in [1.82, 2.24) is 0 Å². The van der Waals surface area contributed by atoms with E-state index in [1.807, 2.05) is 0 Å². The van der Waals surface area contributed by atoms with Crippen molar-refractivity contribution in [3.8, 4) is 0 Å². The molecule has 1 fully saturated rings. The first-order valence-corrected chi connectivity index (χ1v) is 6.59. The fourth-order valence-corrected chi connectivity index (χ4v) is 2.08.